The topological polar surface area (TPSA) is 158 Å². The first-order valence-electron chi connectivity index (χ1n) is 11.7. The van der Waals surface area contributed by atoms with E-state index >= 15 is 0 Å². The number of aliphatic hydroxyl groups excluding tert-OH is 3. The molecule has 3 N–H and O–H groups in total. The van der Waals surface area contributed by atoms with E-state index in [0.29, 0.717) is 5.69 Å². The highest BCUT2D eigenvalue weighted by Gasteiger charge is 2.51. The Hall–Kier alpha value is -1.97. The Kier molecular flexibility index (Phi) is 8.18. The number of hydroxylamine groups is 2. The quantitative estimate of drug-likeness (QED) is 0.327. The second kappa shape index (κ2) is 11.0. The summed E-state index contributed by atoms with van der Waals surface area (Å²) in [5, 5.41) is 38.4. The smallest absolute Gasteiger partial charge is 0.257 e. The van der Waals surface area contributed by atoms with Crippen LogP contribution < -0.4 is 0 Å². The lowest BCUT2D eigenvalue weighted by molar-refractivity contribution is -0.291. The van der Waals surface area contributed by atoms with E-state index in [4.69, 9.17) is 23.8 Å². The van der Waals surface area contributed by atoms with Crippen LogP contribution in [-0.4, -0.2) is 99.0 Å². The molecule has 0 aliphatic carbocycles. The van der Waals surface area contributed by atoms with Gasteiger partial charge in [0.05, 0.1) is 30.4 Å². The van der Waals surface area contributed by atoms with Crippen LogP contribution in [0.1, 0.15) is 26.0 Å². The van der Waals surface area contributed by atoms with Gasteiger partial charge in [0.1, 0.15) is 11.8 Å². The number of aromatic nitrogens is 3. The molecule has 0 spiro atoms. The van der Waals surface area contributed by atoms with Crippen LogP contribution >= 0.6 is 0 Å². The van der Waals surface area contributed by atoms with Crippen LogP contribution in [0.4, 0.5) is 0 Å². The number of aliphatic hydroxyl groups is 3. The molecule has 7 unspecified atom stereocenters. The van der Waals surface area contributed by atoms with Gasteiger partial charge in [-0.25, -0.2) is 9.52 Å². The van der Waals surface area contributed by atoms with Crippen LogP contribution in [0, 0.1) is 17.3 Å². The first kappa shape index (κ1) is 26.1. The molecule has 4 rings (SSSR count). The minimum absolute atomic E-state index is 0.0319. The van der Waals surface area contributed by atoms with E-state index in [9.17, 15) is 20.1 Å². The number of methoxy groups -OCH3 is 1. The molecule has 196 valence electrons. The van der Waals surface area contributed by atoms with Crippen LogP contribution in [0.15, 0.2) is 18.3 Å². The Morgan fingerprint density at radius 2 is 1.91 bits per heavy atom. The lowest BCUT2D eigenvalue weighted by Crippen LogP contribution is -2.55. The number of amides is 1. The fourth-order valence-corrected chi connectivity index (χ4v) is 4.78. The molecule has 35 heavy (non-hydrogen) atoms. The van der Waals surface area contributed by atoms with Gasteiger partial charge in [-0.2, -0.15) is 5.06 Å². The maximum Gasteiger partial charge on any atom is 0.257 e. The predicted octanol–water partition coefficient (Wildman–Crippen LogP) is -0.827. The Balaban J connectivity index is 1.34. The number of nitrogens with zero attached hydrogens (tertiary/aromatic N) is 4. The normalized spacial score (nSPS) is 34.1. The van der Waals surface area contributed by atoms with E-state index in [0.717, 1.165) is 0 Å². The van der Waals surface area contributed by atoms with E-state index in [2.05, 4.69) is 10.3 Å². The summed E-state index contributed by atoms with van der Waals surface area (Å²) < 4.78 is 24.6. The summed E-state index contributed by atoms with van der Waals surface area (Å²) in [5.74, 6) is -1.00. The molecule has 4 heterocycles. The summed E-state index contributed by atoms with van der Waals surface area (Å²) in [6.45, 7) is 3.02. The first-order valence-corrected chi connectivity index (χ1v) is 11.7. The summed E-state index contributed by atoms with van der Waals surface area (Å²) in [6, 6.07) is 0. The van der Waals surface area contributed by atoms with Crippen LogP contribution in [0.25, 0.3) is 0 Å². The third-order valence-corrected chi connectivity index (χ3v) is 6.88. The molecule has 0 saturated carbocycles. The zero-order valence-electron chi connectivity index (χ0n) is 20.1. The first-order chi connectivity index (χ1) is 16.8. The minimum Gasteiger partial charge on any atom is -0.396 e. The van der Waals surface area contributed by atoms with Crippen molar-refractivity contribution in [3.05, 3.63) is 24.0 Å². The number of hydrogen-bond donors (Lipinski definition) is 3. The van der Waals surface area contributed by atoms with Gasteiger partial charge in [0.2, 0.25) is 0 Å². The number of carbonyl (C=O) groups is 1. The SMILES string of the molecule is COC1C(OCc2cn(CON3C(=O)C(C)(C)C4C=CC3O4)nn2)OC(CCO)C(CO)C1CO. The van der Waals surface area contributed by atoms with Crippen LogP contribution in [0.5, 0.6) is 0 Å². The molecule has 1 aromatic heterocycles. The van der Waals surface area contributed by atoms with E-state index in [1.54, 1.807) is 12.3 Å². The Bertz CT molecular complexity index is 894. The summed E-state index contributed by atoms with van der Waals surface area (Å²) >= 11 is 0. The standard InChI is InChI=1S/C22H34N4O9/c1-22(2)17-4-5-18(35-17)26(21(22)30)33-12-25-8-13(23-24-25)11-32-20-19(31-3)15(10-29)14(9-28)16(34-20)6-7-27/h4-5,8,14-20,27-29H,6-7,9-12H2,1-3H3. The maximum atomic E-state index is 12.8. The molecule has 0 aromatic carbocycles. The lowest BCUT2D eigenvalue weighted by atomic mass is 9.80. The second-order valence-corrected chi connectivity index (χ2v) is 9.45. The molecule has 2 saturated heterocycles. The van der Waals surface area contributed by atoms with Gasteiger partial charge in [0.15, 0.2) is 19.2 Å². The largest absolute Gasteiger partial charge is 0.396 e. The summed E-state index contributed by atoms with van der Waals surface area (Å²) in [4.78, 5) is 18.5. The van der Waals surface area contributed by atoms with Crippen molar-refractivity contribution in [1.82, 2.24) is 20.1 Å². The number of rotatable bonds is 11. The zero-order valence-corrected chi connectivity index (χ0v) is 20.1. The van der Waals surface area contributed by atoms with Gasteiger partial charge in [-0.15, -0.1) is 5.10 Å². The molecule has 2 fully saturated rings. The third kappa shape index (κ3) is 5.13. The third-order valence-electron chi connectivity index (χ3n) is 6.88. The van der Waals surface area contributed by atoms with Gasteiger partial charge in [-0.3, -0.25) is 4.79 Å². The molecule has 1 aromatic rings. The molecule has 0 radical (unpaired) electrons. The lowest BCUT2D eigenvalue weighted by Gasteiger charge is -2.45. The number of hydrogen-bond acceptors (Lipinski definition) is 11. The fourth-order valence-electron chi connectivity index (χ4n) is 4.78. The number of ether oxygens (including phenoxy) is 4. The van der Waals surface area contributed by atoms with Crippen molar-refractivity contribution >= 4 is 5.91 Å². The molecule has 13 nitrogen and oxygen atoms in total. The molecule has 3 aliphatic rings. The van der Waals surface area contributed by atoms with E-state index in [1.165, 1.54) is 16.9 Å². The molecule has 7 atom stereocenters. The van der Waals surface area contributed by atoms with Gasteiger partial charge in [0.25, 0.3) is 5.91 Å². The second-order valence-electron chi connectivity index (χ2n) is 9.45. The monoisotopic (exact) mass is 498 g/mol. The van der Waals surface area contributed by atoms with Gasteiger partial charge in [-0.1, -0.05) is 11.3 Å². The number of fused-ring (bicyclic) bond motifs is 2. The molecular weight excluding hydrogens is 464 g/mol. The highest BCUT2D eigenvalue weighted by molar-refractivity contribution is 5.83. The van der Waals surface area contributed by atoms with Crippen molar-refractivity contribution in [2.75, 3.05) is 26.9 Å². The van der Waals surface area contributed by atoms with E-state index < -0.39 is 42.0 Å². The van der Waals surface area contributed by atoms with Crippen molar-refractivity contribution in [2.45, 2.75) is 64.4 Å². The fraction of sp³-hybridized carbons (Fsp3) is 0.773. The maximum absolute atomic E-state index is 12.8. The Morgan fingerprint density at radius 1 is 1.14 bits per heavy atom. The van der Waals surface area contributed by atoms with Crippen LogP contribution in [-0.2, 0) is 41.9 Å². The van der Waals surface area contributed by atoms with Crippen molar-refractivity contribution in [3.8, 4) is 0 Å². The van der Waals surface area contributed by atoms with E-state index in [1.807, 2.05) is 19.9 Å². The summed E-state index contributed by atoms with van der Waals surface area (Å²) in [7, 11) is 1.48. The molecular formula is C22H34N4O9. The molecule has 13 heteroatoms. The summed E-state index contributed by atoms with van der Waals surface area (Å²) in [5.41, 5.74) is -0.254. The highest BCUT2D eigenvalue weighted by atomic mass is 16.7. The van der Waals surface area contributed by atoms with Gasteiger partial charge < -0.3 is 34.3 Å². The van der Waals surface area contributed by atoms with E-state index in [-0.39, 0.29) is 51.6 Å². The predicted molar refractivity (Wildman–Crippen MR) is 117 cm³/mol. The Labute approximate surface area is 203 Å². The molecule has 2 bridgehead atoms. The molecule has 3 aliphatic heterocycles. The zero-order chi connectivity index (χ0) is 25.2. The number of carbonyl (C=O) groups excluding carboxylic acids is 1. The average Bonchev–Trinajstić information content (AvgIpc) is 3.51. The van der Waals surface area contributed by atoms with Gasteiger partial charge in [-0.05, 0) is 26.3 Å². The minimum atomic E-state index is -0.842. The van der Waals surface area contributed by atoms with Crippen molar-refractivity contribution < 1.29 is 43.9 Å². The van der Waals surface area contributed by atoms with Gasteiger partial charge >= 0.3 is 0 Å². The highest BCUT2D eigenvalue weighted by Crippen LogP contribution is 2.38. The summed E-state index contributed by atoms with van der Waals surface area (Å²) in [6.07, 6.45) is 2.75. The van der Waals surface area contributed by atoms with Crippen molar-refractivity contribution in [1.29, 1.82) is 0 Å². The average molecular weight is 499 g/mol. The molecule has 1 amide bonds. The van der Waals surface area contributed by atoms with Crippen molar-refractivity contribution in [3.63, 3.8) is 0 Å². The van der Waals surface area contributed by atoms with Crippen LogP contribution in [0.3, 0.4) is 0 Å². The van der Waals surface area contributed by atoms with Crippen molar-refractivity contribution in [2.24, 2.45) is 17.3 Å². The van der Waals surface area contributed by atoms with Crippen LogP contribution in [0.2, 0.25) is 0 Å². The Morgan fingerprint density at radius 3 is 2.60 bits per heavy atom. The van der Waals surface area contributed by atoms with Gasteiger partial charge in [0, 0.05) is 38.8 Å².